The summed E-state index contributed by atoms with van der Waals surface area (Å²) in [7, 11) is 0. The number of ether oxygens (including phenoxy) is 1. The van der Waals surface area contributed by atoms with Crippen LogP contribution < -0.4 is 5.32 Å². The zero-order chi connectivity index (χ0) is 28.5. The Kier molecular flexibility index (Phi) is 9.78. The minimum atomic E-state index is -0.323. The van der Waals surface area contributed by atoms with E-state index in [1.54, 1.807) is 19.1 Å². The first-order valence-electron chi connectivity index (χ1n) is 13.6. The number of esters is 1. The van der Waals surface area contributed by atoms with Crippen LogP contribution in [0.1, 0.15) is 68.4 Å². The number of carbonyl (C=O) groups is 2. The largest absolute Gasteiger partial charge is 0.466 e. The van der Waals surface area contributed by atoms with Crippen LogP contribution in [0.25, 0.3) is 22.9 Å². The van der Waals surface area contributed by atoms with Crippen molar-refractivity contribution in [2.45, 2.75) is 52.5 Å². The number of benzene rings is 3. The Morgan fingerprint density at radius 2 is 1.48 bits per heavy atom. The third kappa shape index (κ3) is 7.40. The maximum absolute atomic E-state index is 13.2. The Labute approximate surface area is 233 Å². The van der Waals surface area contributed by atoms with E-state index in [4.69, 9.17) is 9.15 Å². The molecule has 0 saturated heterocycles. The molecule has 0 radical (unpaired) electrons. The molecule has 1 N–H and O–H groups in total. The van der Waals surface area contributed by atoms with Crippen LogP contribution in [0.2, 0.25) is 0 Å². The van der Waals surface area contributed by atoms with Crippen LogP contribution in [0.15, 0.2) is 77.2 Å². The minimum Gasteiger partial charge on any atom is -0.466 e. The van der Waals surface area contributed by atoms with Gasteiger partial charge in [0.05, 0.1) is 12.6 Å². The van der Waals surface area contributed by atoms with Crippen LogP contribution >= 0.6 is 0 Å². The first-order valence-corrected chi connectivity index (χ1v) is 13.6. The summed E-state index contributed by atoms with van der Waals surface area (Å²) >= 11 is 0. The molecule has 0 aliphatic rings. The maximum atomic E-state index is 13.2. The molecule has 8 heteroatoms. The van der Waals surface area contributed by atoms with Gasteiger partial charge in [0.2, 0.25) is 11.8 Å². The zero-order valence-corrected chi connectivity index (χ0v) is 23.0. The predicted octanol–water partition coefficient (Wildman–Crippen LogP) is 7.66. The van der Waals surface area contributed by atoms with Crippen LogP contribution in [0.3, 0.4) is 0 Å². The van der Waals surface area contributed by atoms with Gasteiger partial charge in [-0.25, -0.2) is 4.39 Å². The highest BCUT2D eigenvalue weighted by Gasteiger charge is 2.19. The van der Waals surface area contributed by atoms with Gasteiger partial charge in [0.25, 0.3) is 0 Å². The maximum Gasteiger partial charge on any atom is 0.305 e. The number of ketones is 1. The lowest BCUT2D eigenvalue weighted by Crippen LogP contribution is -2.18. The quantitative estimate of drug-likeness (QED) is 0.137. The molecule has 0 bridgehead atoms. The fraction of sp³-hybridized carbons (Fsp3) is 0.312. The topological polar surface area (TPSA) is 94.3 Å². The Morgan fingerprint density at radius 1 is 0.875 bits per heavy atom. The standard InChI is InChI=1S/C32H34FN3O4/c1-4-21(3)30(34-27-19-15-22(16-20-27)28(37)7-6-8-29(38)39-5-2)23-9-11-24(12-10-23)31-35-36-32(40-31)25-13-17-26(33)18-14-25/h9-21,30,34H,4-8H2,1-3H3. The number of anilines is 1. The molecule has 2 unspecified atom stereocenters. The number of aromatic nitrogens is 2. The first kappa shape index (κ1) is 28.7. The summed E-state index contributed by atoms with van der Waals surface area (Å²) in [5.41, 5.74) is 4.09. The highest BCUT2D eigenvalue weighted by molar-refractivity contribution is 5.96. The summed E-state index contributed by atoms with van der Waals surface area (Å²) in [6.07, 6.45) is 2.00. The van der Waals surface area contributed by atoms with E-state index in [0.717, 1.165) is 23.2 Å². The Balaban J connectivity index is 1.41. The average molecular weight is 544 g/mol. The molecule has 1 heterocycles. The van der Waals surface area contributed by atoms with Crippen molar-refractivity contribution in [3.8, 4) is 22.9 Å². The number of hydrogen-bond donors (Lipinski definition) is 1. The highest BCUT2D eigenvalue weighted by Crippen LogP contribution is 2.31. The van der Waals surface area contributed by atoms with Gasteiger partial charge in [-0.2, -0.15) is 0 Å². The Hall–Kier alpha value is -4.33. The highest BCUT2D eigenvalue weighted by atomic mass is 19.1. The van der Waals surface area contributed by atoms with Crippen LogP contribution in [0.5, 0.6) is 0 Å². The van der Waals surface area contributed by atoms with E-state index in [0.29, 0.717) is 48.3 Å². The minimum absolute atomic E-state index is 0.00789. The fourth-order valence-corrected chi connectivity index (χ4v) is 4.37. The predicted molar refractivity (Wildman–Crippen MR) is 152 cm³/mol. The van der Waals surface area contributed by atoms with E-state index < -0.39 is 0 Å². The molecule has 0 amide bonds. The van der Waals surface area contributed by atoms with E-state index in [2.05, 4.69) is 29.4 Å². The van der Waals surface area contributed by atoms with Gasteiger partial charge in [0.15, 0.2) is 5.78 Å². The van der Waals surface area contributed by atoms with Crippen LogP contribution in [-0.4, -0.2) is 28.6 Å². The van der Waals surface area contributed by atoms with Gasteiger partial charge in [-0.15, -0.1) is 10.2 Å². The van der Waals surface area contributed by atoms with Crippen molar-refractivity contribution in [2.24, 2.45) is 5.92 Å². The molecule has 7 nitrogen and oxygen atoms in total. The van der Waals surface area contributed by atoms with Gasteiger partial charge >= 0.3 is 5.97 Å². The van der Waals surface area contributed by atoms with Gasteiger partial charge in [0.1, 0.15) is 5.82 Å². The number of hydrogen-bond acceptors (Lipinski definition) is 7. The van der Waals surface area contributed by atoms with Crippen molar-refractivity contribution >= 4 is 17.4 Å². The number of halogens is 1. The second-order valence-corrected chi connectivity index (χ2v) is 9.71. The van der Waals surface area contributed by atoms with E-state index in [1.165, 1.54) is 12.1 Å². The molecule has 40 heavy (non-hydrogen) atoms. The summed E-state index contributed by atoms with van der Waals surface area (Å²) < 4.78 is 24.0. The van der Waals surface area contributed by atoms with Gasteiger partial charge in [-0.05, 0) is 85.5 Å². The molecule has 208 valence electrons. The van der Waals surface area contributed by atoms with E-state index >= 15 is 0 Å². The van der Waals surface area contributed by atoms with Gasteiger partial charge in [0, 0.05) is 35.2 Å². The second kappa shape index (κ2) is 13.6. The lowest BCUT2D eigenvalue weighted by molar-refractivity contribution is -0.143. The van der Waals surface area contributed by atoms with Crippen molar-refractivity contribution in [1.82, 2.24) is 10.2 Å². The molecule has 3 aromatic carbocycles. The lowest BCUT2D eigenvalue weighted by Gasteiger charge is -2.26. The molecule has 4 aromatic rings. The molecule has 4 rings (SSSR count). The number of carbonyl (C=O) groups excluding carboxylic acids is 2. The molecular weight excluding hydrogens is 509 g/mol. The summed E-state index contributed by atoms with van der Waals surface area (Å²) in [5.74, 6) is 0.472. The summed E-state index contributed by atoms with van der Waals surface area (Å²) in [4.78, 5) is 24.0. The average Bonchev–Trinajstić information content (AvgIpc) is 3.47. The second-order valence-electron chi connectivity index (χ2n) is 9.71. The molecule has 0 aliphatic carbocycles. The SMILES string of the molecule is CCOC(=O)CCCC(=O)c1ccc(NC(c2ccc(-c3nnc(-c4ccc(F)cc4)o3)cc2)C(C)CC)cc1. The number of rotatable bonds is 13. The van der Waals surface area contributed by atoms with Crippen molar-refractivity contribution in [3.63, 3.8) is 0 Å². The third-order valence-corrected chi connectivity index (χ3v) is 6.87. The molecule has 0 saturated carbocycles. The first-order chi connectivity index (χ1) is 19.4. The Bertz CT molecular complexity index is 1400. The van der Waals surface area contributed by atoms with Crippen LogP contribution in [-0.2, 0) is 9.53 Å². The van der Waals surface area contributed by atoms with Crippen molar-refractivity contribution in [2.75, 3.05) is 11.9 Å². The number of nitrogens with zero attached hydrogens (tertiary/aromatic N) is 2. The van der Waals surface area contributed by atoms with Gasteiger partial charge < -0.3 is 14.5 Å². The molecular formula is C32H34FN3O4. The summed E-state index contributed by atoms with van der Waals surface area (Å²) in [5, 5.41) is 11.9. The fourth-order valence-electron chi connectivity index (χ4n) is 4.37. The number of nitrogens with one attached hydrogen (secondary N) is 1. The van der Waals surface area contributed by atoms with Crippen molar-refractivity contribution in [3.05, 3.63) is 89.7 Å². The zero-order valence-electron chi connectivity index (χ0n) is 23.0. The van der Waals surface area contributed by atoms with Gasteiger partial charge in [-0.3, -0.25) is 9.59 Å². The Morgan fingerprint density at radius 3 is 2.05 bits per heavy atom. The normalized spacial score (nSPS) is 12.5. The molecule has 0 spiro atoms. The van der Waals surface area contributed by atoms with E-state index in [-0.39, 0.29) is 30.0 Å². The van der Waals surface area contributed by atoms with Crippen LogP contribution in [0, 0.1) is 11.7 Å². The van der Waals surface area contributed by atoms with E-state index in [1.807, 2.05) is 48.5 Å². The summed E-state index contributed by atoms with van der Waals surface area (Å²) in [6.45, 7) is 6.46. The number of Topliss-reactive ketones (excluding diaryl/α,β-unsaturated/α-hetero) is 1. The van der Waals surface area contributed by atoms with Gasteiger partial charge in [-0.1, -0.05) is 32.4 Å². The smallest absolute Gasteiger partial charge is 0.305 e. The molecule has 0 fully saturated rings. The summed E-state index contributed by atoms with van der Waals surface area (Å²) in [6, 6.07) is 21.4. The third-order valence-electron chi connectivity index (χ3n) is 6.87. The van der Waals surface area contributed by atoms with Crippen molar-refractivity contribution < 1.29 is 23.1 Å². The molecule has 0 aliphatic heterocycles. The van der Waals surface area contributed by atoms with Crippen molar-refractivity contribution in [1.29, 1.82) is 0 Å². The van der Waals surface area contributed by atoms with E-state index in [9.17, 15) is 14.0 Å². The molecule has 2 atom stereocenters. The molecule has 1 aromatic heterocycles. The van der Waals surface area contributed by atoms with Crippen LogP contribution in [0.4, 0.5) is 10.1 Å². The lowest BCUT2D eigenvalue weighted by atomic mass is 9.91. The monoisotopic (exact) mass is 543 g/mol.